The van der Waals surface area contributed by atoms with Crippen molar-refractivity contribution in [1.82, 2.24) is 0 Å². The van der Waals surface area contributed by atoms with E-state index in [1.807, 2.05) is 0 Å². The van der Waals surface area contributed by atoms with Crippen LogP contribution < -0.4 is 0 Å². The standard InChI is InChI=1S/C17H27O5P/c1-2-9-16(17(18)19)23(20,21-14-10-5-3-6-11-14)22-15-12-7-4-8-13-15/h14-16H,3-8,10-13H2,1H3,(H,18,19). The van der Waals surface area contributed by atoms with Crippen LogP contribution in [-0.2, 0) is 18.4 Å². The molecule has 0 heterocycles. The Morgan fingerprint density at radius 2 is 1.43 bits per heavy atom. The molecule has 0 aromatic heterocycles. The minimum Gasteiger partial charge on any atom is -0.480 e. The number of carboxylic acid groups (broad SMARTS) is 1. The summed E-state index contributed by atoms with van der Waals surface area (Å²) in [6.07, 6.45) is 9.24. The molecule has 1 atom stereocenters. The Hall–Kier alpha value is -0.820. The maximum atomic E-state index is 13.4. The van der Waals surface area contributed by atoms with Crippen molar-refractivity contribution in [3.8, 4) is 11.8 Å². The van der Waals surface area contributed by atoms with Crippen molar-refractivity contribution in [2.75, 3.05) is 0 Å². The summed E-state index contributed by atoms with van der Waals surface area (Å²) < 4.78 is 25.0. The molecule has 23 heavy (non-hydrogen) atoms. The zero-order valence-electron chi connectivity index (χ0n) is 13.8. The third kappa shape index (κ3) is 5.35. The maximum Gasteiger partial charge on any atom is 0.357 e. The van der Waals surface area contributed by atoms with Gasteiger partial charge in [0.25, 0.3) is 0 Å². The molecule has 2 saturated carbocycles. The van der Waals surface area contributed by atoms with Gasteiger partial charge >= 0.3 is 13.6 Å². The predicted molar refractivity (Wildman–Crippen MR) is 88.4 cm³/mol. The van der Waals surface area contributed by atoms with Crippen molar-refractivity contribution in [3.05, 3.63) is 0 Å². The lowest BCUT2D eigenvalue weighted by Gasteiger charge is -2.32. The van der Waals surface area contributed by atoms with E-state index in [-0.39, 0.29) is 12.2 Å². The lowest BCUT2D eigenvalue weighted by molar-refractivity contribution is -0.136. The highest BCUT2D eigenvalue weighted by atomic mass is 31.2. The fourth-order valence-corrected chi connectivity index (χ4v) is 5.42. The number of carboxylic acids is 1. The second kappa shape index (κ2) is 8.87. The van der Waals surface area contributed by atoms with E-state index in [4.69, 9.17) is 9.05 Å². The molecule has 1 unspecified atom stereocenters. The number of hydrogen-bond donors (Lipinski definition) is 1. The molecule has 0 aromatic rings. The Bertz CT molecular complexity index is 471. The van der Waals surface area contributed by atoms with E-state index in [2.05, 4.69) is 11.8 Å². The topological polar surface area (TPSA) is 72.8 Å². The van der Waals surface area contributed by atoms with Crippen molar-refractivity contribution in [1.29, 1.82) is 0 Å². The van der Waals surface area contributed by atoms with E-state index in [0.717, 1.165) is 64.2 Å². The average molecular weight is 342 g/mol. The number of rotatable bonds is 6. The maximum absolute atomic E-state index is 13.4. The molecule has 5 nitrogen and oxygen atoms in total. The first kappa shape index (κ1) is 18.5. The molecule has 130 valence electrons. The van der Waals surface area contributed by atoms with E-state index in [1.165, 1.54) is 0 Å². The monoisotopic (exact) mass is 342 g/mol. The highest BCUT2D eigenvalue weighted by molar-refractivity contribution is 7.56. The Balaban J connectivity index is 2.17. The van der Waals surface area contributed by atoms with Crippen molar-refractivity contribution in [2.24, 2.45) is 0 Å². The van der Waals surface area contributed by atoms with Gasteiger partial charge in [0.05, 0.1) is 12.2 Å². The first-order chi connectivity index (χ1) is 11.0. The second-order valence-electron chi connectivity index (χ2n) is 6.41. The van der Waals surface area contributed by atoms with Gasteiger partial charge in [0.2, 0.25) is 5.66 Å². The summed E-state index contributed by atoms with van der Waals surface area (Å²) in [5.74, 6) is 3.88. The lowest BCUT2D eigenvalue weighted by atomic mass is 9.98. The predicted octanol–water partition coefficient (Wildman–Crippen LogP) is 4.35. The first-order valence-corrected chi connectivity index (χ1v) is 10.3. The van der Waals surface area contributed by atoms with E-state index < -0.39 is 19.2 Å². The molecule has 0 radical (unpaired) electrons. The first-order valence-electron chi connectivity index (χ1n) is 8.67. The van der Waals surface area contributed by atoms with Gasteiger partial charge in [-0.1, -0.05) is 44.4 Å². The molecule has 0 spiro atoms. The average Bonchev–Trinajstić information content (AvgIpc) is 2.54. The van der Waals surface area contributed by atoms with E-state index in [1.54, 1.807) is 6.92 Å². The Kier molecular flexibility index (Phi) is 7.14. The van der Waals surface area contributed by atoms with Gasteiger partial charge in [-0.15, -0.1) is 5.92 Å². The van der Waals surface area contributed by atoms with Gasteiger partial charge < -0.3 is 14.2 Å². The van der Waals surface area contributed by atoms with Crippen LogP contribution >= 0.6 is 7.60 Å². The molecule has 0 bridgehead atoms. The number of carbonyl (C=O) groups is 1. The van der Waals surface area contributed by atoms with Gasteiger partial charge in [-0.05, 0) is 32.6 Å². The summed E-state index contributed by atoms with van der Waals surface area (Å²) in [4.78, 5) is 11.6. The van der Waals surface area contributed by atoms with Gasteiger partial charge in [-0.3, -0.25) is 9.36 Å². The minimum absolute atomic E-state index is 0.182. The number of hydrogen-bond acceptors (Lipinski definition) is 4. The summed E-state index contributed by atoms with van der Waals surface area (Å²) in [5, 5.41) is 9.46. The van der Waals surface area contributed by atoms with Crippen molar-refractivity contribution in [3.63, 3.8) is 0 Å². The molecule has 6 heteroatoms. The third-order valence-electron chi connectivity index (χ3n) is 4.53. The van der Waals surface area contributed by atoms with Crippen LogP contribution in [0.3, 0.4) is 0 Å². The van der Waals surface area contributed by atoms with Crippen LogP contribution in [0.25, 0.3) is 0 Å². The van der Waals surface area contributed by atoms with Gasteiger partial charge in [0.1, 0.15) is 0 Å². The van der Waals surface area contributed by atoms with Crippen LogP contribution in [0.5, 0.6) is 0 Å². The Morgan fingerprint density at radius 3 is 1.78 bits per heavy atom. The molecular weight excluding hydrogens is 315 g/mol. The molecule has 2 rings (SSSR count). The van der Waals surface area contributed by atoms with Gasteiger partial charge in [-0.2, -0.15) is 0 Å². The van der Waals surface area contributed by atoms with Crippen LogP contribution in [0.2, 0.25) is 0 Å². The summed E-state index contributed by atoms with van der Waals surface area (Å²) in [6.45, 7) is 1.54. The Morgan fingerprint density at radius 1 is 1.00 bits per heavy atom. The summed E-state index contributed by atoms with van der Waals surface area (Å²) in [5.41, 5.74) is -1.39. The quantitative estimate of drug-likeness (QED) is 0.574. The molecular formula is C17H27O5P. The fraction of sp³-hybridized carbons (Fsp3) is 0.824. The summed E-state index contributed by atoms with van der Waals surface area (Å²) in [7, 11) is -3.81. The largest absolute Gasteiger partial charge is 0.480 e. The van der Waals surface area contributed by atoms with Crippen LogP contribution in [0.4, 0.5) is 0 Å². The highest BCUT2D eigenvalue weighted by Gasteiger charge is 2.44. The molecule has 0 aliphatic heterocycles. The zero-order valence-corrected chi connectivity index (χ0v) is 14.7. The van der Waals surface area contributed by atoms with Gasteiger partial charge in [0.15, 0.2) is 0 Å². The summed E-state index contributed by atoms with van der Waals surface area (Å²) >= 11 is 0. The third-order valence-corrected chi connectivity index (χ3v) is 6.69. The van der Waals surface area contributed by atoms with Crippen molar-refractivity contribution in [2.45, 2.75) is 89.0 Å². The van der Waals surface area contributed by atoms with Crippen molar-refractivity contribution >= 4 is 13.6 Å². The van der Waals surface area contributed by atoms with Crippen molar-refractivity contribution < 1.29 is 23.5 Å². The molecule has 2 aliphatic rings. The number of aliphatic carboxylic acids is 1. The SMILES string of the molecule is CC#CC(C(=O)O)P(=O)(OC1CCCCC1)OC1CCCCC1. The molecule has 2 aliphatic carbocycles. The van der Waals surface area contributed by atoms with Crippen LogP contribution in [0.1, 0.15) is 71.1 Å². The second-order valence-corrected chi connectivity index (χ2v) is 8.42. The Labute approximate surface area is 138 Å². The van der Waals surface area contributed by atoms with Crippen LogP contribution in [0.15, 0.2) is 0 Å². The van der Waals surface area contributed by atoms with E-state index >= 15 is 0 Å². The zero-order chi connectivity index (χ0) is 16.7. The van der Waals surface area contributed by atoms with E-state index in [0.29, 0.717) is 0 Å². The molecule has 2 fully saturated rings. The molecule has 1 N–H and O–H groups in total. The lowest BCUT2D eigenvalue weighted by Crippen LogP contribution is -2.28. The fourth-order valence-electron chi connectivity index (χ4n) is 3.32. The normalized spacial score (nSPS) is 22.1. The van der Waals surface area contributed by atoms with Crippen LogP contribution in [0, 0.1) is 11.8 Å². The molecule has 0 aromatic carbocycles. The smallest absolute Gasteiger partial charge is 0.357 e. The van der Waals surface area contributed by atoms with E-state index in [9.17, 15) is 14.5 Å². The minimum atomic E-state index is -3.81. The van der Waals surface area contributed by atoms with Gasteiger partial charge in [-0.25, -0.2) is 0 Å². The van der Waals surface area contributed by atoms with Crippen LogP contribution in [-0.4, -0.2) is 28.9 Å². The van der Waals surface area contributed by atoms with Gasteiger partial charge in [0, 0.05) is 0 Å². The summed E-state index contributed by atoms with van der Waals surface area (Å²) in [6, 6.07) is 0. The molecule has 0 saturated heterocycles. The molecule has 0 amide bonds. The highest BCUT2D eigenvalue weighted by Crippen LogP contribution is 2.57.